The molecule has 3 nitrogen and oxygen atoms in total. The Morgan fingerprint density at radius 3 is 1.67 bits per heavy atom. The lowest BCUT2D eigenvalue weighted by molar-refractivity contribution is 0.525. The second kappa shape index (κ2) is 4.23. The van der Waals surface area contributed by atoms with Gasteiger partial charge in [-0.2, -0.15) is 0 Å². The van der Waals surface area contributed by atoms with Crippen molar-refractivity contribution in [1.29, 1.82) is 0 Å². The lowest BCUT2D eigenvalue weighted by atomic mass is 10.2. The Bertz CT molecular complexity index is 219. The second-order valence-electron chi connectivity index (χ2n) is 3.77. The number of nitrogens with one attached hydrogen (secondary N) is 1. The molecule has 4 heteroatoms. The summed E-state index contributed by atoms with van der Waals surface area (Å²) in [5.41, 5.74) is 0. The largest absolute Gasteiger partial charge is 0.214 e. The Morgan fingerprint density at radius 2 is 1.42 bits per heavy atom. The van der Waals surface area contributed by atoms with Crippen LogP contribution in [0.2, 0.25) is 0 Å². The van der Waals surface area contributed by atoms with E-state index in [0.29, 0.717) is 0 Å². The lowest BCUT2D eigenvalue weighted by Crippen LogP contribution is -2.39. The first-order chi connectivity index (χ1) is 5.27. The zero-order valence-electron chi connectivity index (χ0n) is 8.46. The summed E-state index contributed by atoms with van der Waals surface area (Å²) in [6, 6.07) is -0.0174. The Balaban J connectivity index is 4.41. The molecule has 0 radical (unpaired) electrons. The van der Waals surface area contributed by atoms with Crippen molar-refractivity contribution >= 4 is 10.0 Å². The van der Waals surface area contributed by atoms with Gasteiger partial charge >= 0.3 is 0 Å². The highest BCUT2D eigenvalue weighted by atomic mass is 32.2. The summed E-state index contributed by atoms with van der Waals surface area (Å²) in [4.78, 5) is 0. The van der Waals surface area contributed by atoms with Crippen LogP contribution in [0.15, 0.2) is 0 Å². The van der Waals surface area contributed by atoms with Crippen molar-refractivity contribution < 1.29 is 8.42 Å². The smallest absolute Gasteiger partial charge is 0.212 e. The van der Waals surface area contributed by atoms with E-state index < -0.39 is 10.0 Å². The third-order valence-electron chi connectivity index (χ3n) is 1.83. The molecule has 12 heavy (non-hydrogen) atoms. The van der Waals surface area contributed by atoms with Crippen molar-refractivity contribution in [2.24, 2.45) is 5.92 Å². The van der Waals surface area contributed by atoms with E-state index in [9.17, 15) is 8.42 Å². The predicted molar refractivity (Wildman–Crippen MR) is 51.5 cm³/mol. The van der Waals surface area contributed by atoms with E-state index in [1.807, 2.05) is 27.7 Å². The molecule has 0 saturated carbocycles. The van der Waals surface area contributed by atoms with Gasteiger partial charge in [-0.05, 0) is 26.7 Å². The average Bonchev–Trinajstić information content (AvgIpc) is 1.82. The molecule has 0 aliphatic carbocycles. The monoisotopic (exact) mass is 193 g/mol. The van der Waals surface area contributed by atoms with Crippen LogP contribution in [0, 0.1) is 5.92 Å². The fraction of sp³-hybridized carbons (Fsp3) is 1.00. The predicted octanol–water partition coefficient (Wildman–Crippen LogP) is 1.36. The molecule has 0 heterocycles. The van der Waals surface area contributed by atoms with E-state index in [0.717, 1.165) is 0 Å². The maximum atomic E-state index is 11.5. The first-order valence-corrected chi connectivity index (χ1v) is 5.83. The molecule has 0 fully saturated rings. The van der Waals surface area contributed by atoms with Gasteiger partial charge in [-0.3, -0.25) is 0 Å². The maximum Gasteiger partial charge on any atom is 0.214 e. The molecule has 0 amide bonds. The summed E-state index contributed by atoms with van der Waals surface area (Å²) in [5, 5.41) is -0.320. The molecule has 1 N–H and O–H groups in total. The summed E-state index contributed by atoms with van der Waals surface area (Å²) in [6.07, 6.45) is 0. The summed E-state index contributed by atoms with van der Waals surface area (Å²) in [6.45, 7) is 9.19. The fourth-order valence-electron chi connectivity index (χ4n) is 0.794. The molecule has 0 bridgehead atoms. The number of rotatable bonds is 4. The number of hydrogen-bond donors (Lipinski definition) is 1. The maximum absolute atomic E-state index is 11.5. The molecule has 0 aliphatic heterocycles. The lowest BCUT2D eigenvalue weighted by Gasteiger charge is -2.18. The first-order valence-electron chi connectivity index (χ1n) is 4.28. The molecule has 0 rings (SSSR count). The van der Waals surface area contributed by atoms with Gasteiger partial charge in [0.25, 0.3) is 0 Å². The van der Waals surface area contributed by atoms with Crippen LogP contribution in [-0.4, -0.2) is 19.7 Å². The van der Waals surface area contributed by atoms with Crippen LogP contribution in [-0.2, 0) is 10.0 Å². The molecule has 0 aliphatic rings. The molecular weight excluding hydrogens is 174 g/mol. The van der Waals surface area contributed by atoms with Gasteiger partial charge in [0.15, 0.2) is 0 Å². The summed E-state index contributed by atoms with van der Waals surface area (Å²) >= 11 is 0. The Hall–Kier alpha value is -0.0900. The van der Waals surface area contributed by atoms with Crippen LogP contribution < -0.4 is 4.72 Å². The normalized spacial score (nSPS) is 15.6. The Labute approximate surface area is 75.6 Å². The van der Waals surface area contributed by atoms with Crippen LogP contribution >= 0.6 is 0 Å². The standard InChI is InChI=1S/C8H19NO2S/c1-6(2)8(5)12(10,11)9-7(3)4/h6-9H,1-5H3. The van der Waals surface area contributed by atoms with Crippen molar-refractivity contribution in [2.45, 2.75) is 45.9 Å². The molecule has 1 atom stereocenters. The third-order valence-corrected chi connectivity index (χ3v) is 4.15. The molecule has 0 aromatic rings. The quantitative estimate of drug-likeness (QED) is 0.732. The van der Waals surface area contributed by atoms with Crippen LogP contribution in [0.4, 0.5) is 0 Å². The SMILES string of the molecule is CC(C)NS(=O)(=O)C(C)C(C)C. The van der Waals surface area contributed by atoms with Crippen molar-refractivity contribution in [3.63, 3.8) is 0 Å². The van der Waals surface area contributed by atoms with Crippen LogP contribution in [0.1, 0.15) is 34.6 Å². The first kappa shape index (κ1) is 11.9. The highest BCUT2D eigenvalue weighted by Crippen LogP contribution is 2.10. The highest BCUT2D eigenvalue weighted by Gasteiger charge is 2.23. The van der Waals surface area contributed by atoms with Gasteiger partial charge in [0.1, 0.15) is 0 Å². The van der Waals surface area contributed by atoms with Crippen molar-refractivity contribution in [2.75, 3.05) is 0 Å². The zero-order valence-corrected chi connectivity index (χ0v) is 9.27. The van der Waals surface area contributed by atoms with Crippen molar-refractivity contribution in [3.05, 3.63) is 0 Å². The Kier molecular flexibility index (Phi) is 4.20. The second-order valence-corrected chi connectivity index (χ2v) is 5.84. The molecule has 0 spiro atoms. The van der Waals surface area contributed by atoms with Crippen molar-refractivity contribution in [3.8, 4) is 0 Å². The van der Waals surface area contributed by atoms with Gasteiger partial charge in [-0.1, -0.05) is 13.8 Å². The van der Waals surface area contributed by atoms with Gasteiger partial charge in [0.05, 0.1) is 5.25 Å². The van der Waals surface area contributed by atoms with Gasteiger partial charge in [0.2, 0.25) is 10.0 Å². The molecule has 0 aromatic carbocycles. The van der Waals surface area contributed by atoms with Crippen LogP contribution in [0.3, 0.4) is 0 Å². The minimum atomic E-state index is -3.11. The fourth-order valence-corrected chi connectivity index (χ4v) is 2.38. The molecule has 0 aromatic heterocycles. The minimum Gasteiger partial charge on any atom is -0.212 e. The van der Waals surface area contributed by atoms with E-state index in [2.05, 4.69) is 4.72 Å². The molecule has 1 unspecified atom stereocenters. The van der Waals surface area contributed by atoms with Gasteiger partial charge in [0, 0.05) is 6.04 Å². The van der Waals surface area contributed by atoms with Gasteiger partial charge < -0.3 is 0 Å². The molecule has 74 valence electrons. The summed E-state index contributed by atoms with van der Waals surface area (Å²) < 4.78 is 25.5. The summed E-state index contributed by atoms with van der Waals surface area (Å²) in [5.74, 6) is 0.154. The van der Waals surface area contributed by atoms with Crippen LogP contribution in [0.5, 0.6) is 0 Å². The van der Waals surface area contributed by atoms with E-state index in [1.165, 1.54) is 0 Å². The zero-order chi connectivity index (χ0) is 9.94. The third kappa shape index (κ3) is 3.54. The minimum absolute atomic E-state index is 0.0174. The van der Waals surface area contributed by atoms with E-state index in [4.69, 9.17) is 0 Å². The molecular formula is C8H19NO2S. The average molecular weight is 193 g/mol. The Morgan fingerprint density at radius 1 is 1.00 bits per heavy atom. The van der Waals surface area contributed by atoms with Gasteiger partial charge in [-0.25, -0.2) is 13.1 Å². The highest BCUT2D eigenvalue weighted by molar-refractivity contribution is 7.90. The summed E-state index contributed by atoms with van der Waals surface area (Å²) in [7, 11) is -3.11. The number of sulfonamides is 1. The van der Waals surface area contributed by atoms with E-state index >= 15 is 0 Å². The molecule has 0 saturated heterocycles. The topological polar surface area (TPSA) is 46.2 Å². The van der Waals surface area contributed by atoms with E-state index in [-0.39, 0.29) is 17.2 Å². The van der Waals surface area contributed by atoms with E-state index in [1.54, 1.807) is 6.92 Å². The van der Waals surface area contributed by atoms with Crippen molar-refractivity contribution in [1.82, 2.24) is 4.72 Å². The van der Waals surface area contributed by atoms with Gasteiger partial charge in [-0.15, -0.1) is 0 Å². The van der Waals surface area contributed by atoms with Crippen LogP contribution in [0.25, 0.3) is 0 Å². The number of hydrogen-bond acceptors (Lipinski definition) is 2.